The SMILES string of the molecule is C=CC1CCC(C2CCC(C3CCCC(C)C(F)C3F)CC2)CC1. The van der Waals surface area contributed by atoms with Gasteiger partial charge < -0.3 is 0 Å². The van der Waals surface area contributed by atoms with Crippen molar-refractivity contribution in [3.63, 3.8) is 0 Å². The first-order valence-corrected chi connectivity index (χ1v) is 10.5. The Hall–Kier alpha value is -0.400. The molecule has 0 bridgehead atoms. The smallest absolute Gasteiger partial charge is 0.134 e. The Morgan fingerprint density at radius 2 is 1.25 bits per heavy atom. The van der Waals surface area contributed by atoms with E-state index in [9.17, 15) is 8.78 Å². The fourth-order valence-corrected chi connectivity index (χ4v) is 5.94. The minimum Gasteiger partial charge on any atom is -0.244 e. The second-order valence-corrected chi connectivity index (χ2v) is 9.05. The summed E-state index contributed by atoms with van der Waals surface area (Å²) >= 11 is 0. The van der Waals surface area contributed by atoms with Crippen LogP contribution in [0.25, 0.3) is 0 Å². The molecule has 0 nitrogen and oxygen atoms in total. The molecule has 4 unspecified atom stereocenters. The van der Waals surface area contributed by atoms with Crippen LogP contribution in [0.1, 0.15) is 77.6 Å². The highest BCUT2D eigenvalue weighted by atomic mass is 19.2. The van der Waals surface area contributed by atoms with Crippen LogP contribution >= 0.6 is 0 Å². The van der Waals surface area contributed by atoms with Crippen LogP contribution in [0.2, 0.25) is 0 Å². The highest BCUT2D eigenvalue weighted by Gasteiger charge is 2.41. The predicted octanol–water partition coefficient (Wildman–Crippen LogP) is 6.90. The Kier molecular flexibility index (Phi) is 6.38. The van der Waals surface area contributed by atoms with Crippen LogP contribution in [0.5, 0.6) is 0 Å². The van der Waals surface area contributed by atoms with Gasteiger partial charge in [-0.3, -0.25) is 0 Å². The van der Waals surface area contributed by atoms with Crippen LogP contribution in [0.3, 0.4) is 0 Å². The molecule has 0 amide bonds. The lowest BCUT2D eigenvalue weighted by Gasteiger charge is -2.40. The lowest BCUT2D eigenvalue weighted by Crippen LogP contribution is -2.36. The number of halogens is 2. The molecule has 3 saturated carbocycles. The molecule has 0 aromatic rings. The van der Waals surface area contributed by atoms with E-state index in [0.29, 0.717) is 5.92 Å². The summed E-state index contributed by atoms with van der Waals surface area (Å²) in [7, 11) is 0. The van der Waals surface area contributed by atoms with Crippen LogP contribution in [-0.2, 0) is 0 Å². The molecule has 2 heteroatoms. The zero-order chi connectivity index (χ0) is 17.1. The van der Waals surface area contributed by atoms with Gasteiger partial charge >= 0.3 is 0 Å². The molecule has 3 aliphatic carbocycles. The molecule has 0 aliphatic heterocycles. The summed E-state index contributed by atoms with van der Waals surface area (Å²) in [6.07, 6.45) is 12.6. The lowest BCUT2D eigenvalue weighted by molar-refractivity contribution is 0.0369. The summed E-state index contributed by atoms with van der Waals surface area (Å²) in [5.41, 5.74) is 0. The lowest BCUT2D eigenvalue weighted by atomic mass is 9.66. The molecule has 4 atom stereocenters. The Balaban J connectivity index is 1.50. The first kappa shape index (κ1) is 18.4. The number of hydrogen-bond acceptors (Lipinski definition) is 0. The van der Waals surface area contributed by atoms with Crippen LogP contribution in [-0.4, -0.2) is 12.3 Å². The maximum Gasteiger partial charge on any atom is 0.134 e. The third kappa shape index (κ3) is 4.05. The number of alkyl halides is 2. The van der Waals surface area contributed by atoms with E-state index in [-0.39, 0.29) is 11.8 Å². The Labute approximate surface area is 147 Å². The molecule has 0 radical (unpaired) electrons. The molecular formula is C22H36F2. The fraction of sp³-hybridized carbons (Fsp3) is 0.909. The van der Waals surface area contributed by atoms with E-state index in [0.717, 1.165) is 49.9 Å². The molecule has 0 saturated heterocycles. The van der Waals surface area contributed by atoms with Crippen molar-refractivity contribution in [3.05, 3.63) is 12.7 Å². The van der Waals surface area contributed by atoms with E-state index in [1.54, 1.807) is 0 Å². The van der Waals surface area contributed by atoms with Gasteiger partial charge in [0.25, 0.3) is 0 Å². The fourth-order valence-electron chi connectivity index (χ4n) is 5.94. The maximum absolute atomic E-state index is 14.7. The minimum atomic E-state index is -1.23. The summed E-state index contributed by atoms with van der Waals surface area (Å²) in [5.74, 6) is 2.79. The van der Waals surface area contributed by atoms with E-state index in [1.807, 2.05) is 6.92 Å². The number of allylic oxidation sites excluding steroid dienone is 1. The zero-order valence-corrected chi connectivity index (χ0v) is 15.4. The third-order valence-corrected chi connectivity index (χ3v) is 7.69. The number of rotatable bonds is 3. The standard InChI is InChI=1S/C22H36F2/c1-3-16-7-9-17(10-8-16)18-11-13-19(14-12-18)20-6-4-5-15(2)21(23)22(20)24/h3,15-22H,1,4-14H2,2H3. The minimum absolute atomic E-state index is 0.0117. The van der Waals surface area contributed by atoms with E-state index >= 15 is 0 Å². The summed E-state index contributed by atoms with van der Waals surface area (Å²) < 4.78 is 29.0. The summed E-state index contributed by atoms with van der Waals surface area (Å²) in [5, 5.41) is 0. The van der Waals surface area contributed by atoms with E-state index < -0.39 is 12.3 Å². The van der Waals surface area contributed by atoms with Gasteiger partial charge in [0.05, 0.1) is 0 Å². The molecule has 3 aliphatic rings. The van der Waals surface area contributed by atoms with Crippen LogP contribution in [0.15, 0.2) is 12.7 Å². The van der Waals surface area contributed by atoms with Crippen molar-refractivity contribution >= 4 is 0 Å². The average molecular weight is 339 g/mol. The molecule has 0 spiro atoms. The second-order valence-electron chi connectivity index (χ2n) is 9.05. The van der Waals surface area contributed by atoms with Gasteiger partial charge in [0.2, 0.25) is 0 Å². The van der Waals surface area contributed by atoms with Gasteiger partial charge in [-0.1, -0.05) is 19.4 Å². The van der Waals surface area contributed by atoms with Crippen molar-refractivity contribution in [3.8, 4) is 0 Å². The van der Waals surface area contributed by atoms with Crippen molar-refractivity contribution in [2.45, 2.75) is 89.9 Å². The summed E-state index contributed by atoms with van der Waals surface area (Å²) in [6.45, 7) is 5.83. The van der Waals surface area contributed by atoms with Crippen LogP contribution in [0, 0.1) is 35.5 Å². The van der Waals surface area contributed by atoms with Crippen molar-refractivity contribution < 1.29 is 8.78 Å². The molecule has 0 aromatic heterocycles. The van der Waals surface area contributed by atoms with Crippen molar-refractivity contribution in [2.75, 3.05) is 0 Å². The van der Waals surface area contributed by atoms with Crippen LogP contribution in [0.4, 0.5) is 8.78 Å². The Bertz CT molecular complexity index is 391. The summed E-state index contributed by atoms with van der Waals surface area (Å²) in [4.78, 5) is 0. The average Bonchev–Trinajstić information content (AvgIpc) is 2.75. The topological polar surface area (TPSA) is 0 Å². The first-order valence-electron chi connectivity index (χ1n) is 10.5. The highest BCUT2D eigenvalue weighted by Crippen LogP contribution is 2.46. The zero-order valence-electron chi connectivity index (χ0n) is 15.4. The van der Waals surface area contributed by atoms with Crippen molar-refractivity contribution in [2.24, 2.45) is 35.5 Å². The maximum atomic E-state index is 14.7. The predicted molar refractivity (Wildman–Crippen MR) is 97.4 cm³/mol. The normalized spacial score (nSPS) is 47.8. The molecule has 0 aromatic carbocycles. The first-order chi connectivity index (χ1) is 11.6. The number of hydrogen-bond donors (Lipinski definition) is 0. The Morgan fingerprint density at radius 1 is 0.708 bits per heavy atom. The van der Waals surface area contributed by atoms with E-state index in [4.69, 9.17) is 0 Å². The monoisotopic (exact) mass is 338 g/mol. The third-order valence-electron chi connectivity index (χ3n) is 7.69. The van der Waals surface area contributed by atoms with Gasteiger partial charge in [0.15, 0.2) is 0 Å². The molecule has 3 fully saturated rings. The van der Waals surface area contributed by atoms with Gasteiger partial charge in [0.1, 0.15) is 12.3 Å². The second kappa shape index (κ2) is 8.32. The van der Waals surface area contributed by atoms with Gasteiger partial charge in [-0.25, -0.2) is 8.78 Å². The van der Waals surface area contributed by atoms with Gasteiger partial charge in [-0.2, -0.15) is 0 Å². The van der Waals surface area contributed by atoms with Gasteiger partial charge in [0, 0.05) is 0 Å². The van der Waals surface area contributed by atoms with Crippen LogP contribution < -0.4 is 0 Å². The van der Waals surface area contributed by atoms with E-state index in [2.05, 4.69) is 12.7 Å². The molecule has 24 heavy (non-hydrogen) atoms. The van der Waals surface area contributed by atoms with Crippen molar-refractivity contribution in [1.82, 2.24) is 0 Å². The van der Waals surface area contributed by atoms with E-state index in [1.165, 1.54) is 38.5 Å². The molecule has 0 heterocycles. The van der Waals surface area contributed by atoms with Crippen molar-refractivity contribution in [1.29, 1.82) is 0 Å². The Morgan fingerprint density at radius 3 is 1.83 bits per heavy atom. The summed E-state index contributed by atoms with van der Waals surface area (Å²) in [6, 6.07) is 0. The van der Waals surface area contributed by atoms with Gasteiger partial charge in [-0.15, -0.1) is 6.58 Å². The largest absolute Gasteiger partial charge is 0.244 e. The molecular weight excluding hydrogens is 302 g/mol. The molecule has 0 N–H and O–H groups in total. The molecule has 3 rings (SSSR count). The highest BCUT2D eigenvalue weighted by molar-refractivity contribution is 4.92. The quantitative estimate of drug-likeness (QED) is 0.388. The molecule has 138 valence electrons. The van der Waals surface area contributed by atoms with Gasteiger partial charge in [-0.05, 0) is 99.7 Å².